The Balaban J connectivity index is 3.46. The van der Waals surface area contributed by atoms with Crippen LogP contribution >= 0.6 is 15.9 Å². The van der Waals surface area contributed by atoms with Crippen molar-refractivity contribution in [2.75, 3.05) is 0 Å². The number of aliphatic carboxylic acids is 1. The Morgan fingerprint density at radius 1 is 1.56 bits per heavy atom. The summed E-state index contributed by atoms with van der Waals surface area (Å²) < 4.78 is 0.487. The number of nitro benzene ring substituents is 1. The molecule has 7 heteroatoms. The van der Waals surface area contributed by atoms with Gasteiger partial charge in [-0.25, -0.2) is 4.79 Å². The van der Waals surface area contributed by atoms with Crippen molar-refractivity contribution in [2.45, 2.75) is 13.0 Å². The smallest absolute Gasteiger partial charge is 0.337 e. The van der Waals surface area contributed by atoms with Crippen LogP contribution in [0.25, 0.3) is 0 Å². The third-order valence-electron chi connectivity index (χ3n) is 2.11. The molecule has 1 rings (SSSR count). The summed E-state index contributed by atoms with van der Waals surface area (Å²) in [5.74, 6) is -1.52. The van der Waals surface area contributed by atoms with Gasteiger partial charge >= 0.3 is 5.97 Å². The Morgan fingerprint density at radius 3 is 2.56 bits per heavy atom. The van der Waals surface area contributed by atoms with Crippen LogP contribution in [0.1, 0.15) is 17.2 Å². The minimum absolute atomic E-state index is 0.224. The van der Waals surface area contributed by atoms with Crippen molar-refractivity contribution in [3.63, 3.8) is 0 Å². The van der Waals surface area contributed by atoms with Crippen molar-refractivity contribution >= 4 is 27.6 Å². The number of benzene rings is 1. The normalized spacial score (nSPS) is 12.2. The van der Waals surface area contributed by atoms with Crippen LogP contribution in [0.3, 0.4) is 0 Å². The molecule has 0 aliphatic heterocycles. The summed E-state index contributed by atoms with van der Waals surface area (Å²) >= 11 is 3.10. The van der Waals surface area contributed by atoms with Crippen molar-refractivity contribution in [3.8, 4) is 0 Å². The van der Waals surface area contributed by atoms with E-state index in [4.69, 9.17) is 5.11 Å². The van der Waals surface area contributed by atoms with Gasteiger partial charge in [0.25, 0.3) is 5.69 Å². The summed E-state index contributed by atoms with van der Waals surface area (Å²) in [5.41, 5.74) is -0.328. The molecule has 0 saturated carbocycles. The number of nitro groups is 1. The van der Waals surface area contributed by atoms with Crippen LogP contribution in [0.2, 0.25) is 0 Å². The molecule has 0 radical (unpaired) electrons. The topological polar surface area (TPSA) is 101 Å². The molecular weight excluding hydrogens is 282 g/mol. The first-order chi connectivity index (χ1) is 7.36. The molecule has 0 saturated heterocycles. The first-order valence-corrected chi connectivity index (χ1v) is 4.99. The van der Waals surface area contributed by atoms with Crippen LogP contribution < -0.4 is 0 Å². The summed E-state index contributed by atoms with van der Waals surface area (Å²) in [5, 5.41) is 28.7. The van der Waals surface area contributed by atoms with Gasteiger partial charge in [0.1, 0.15) is 0 Å². The van der Waals surface area contributed by atoms with Gasteiger partial charge in [0.15, 0.2) is 6.10 Å². The first kappa shape index (κ1) is 12.6. The van der Waals surface area contributed by atoms with Crippen molar-refractivity contribution in [3.05, 3.63) is 37.8 Å². The van der Waals surface area contributed by atoms with Crippen LogP contribution in [0.5, 0.6) is 0 Å². The summed E-state index contributed by atoms with van der Waals surface area (Å²) in [6, 6.07) is 2.68. The molecule has 6 nitrogen and oxygen atoms in total. The molecule has 0 heterocycles. The molecule has 2 N–H and O–H groups in total. The Morgan fingerprint density at radius 2 is 2.12 bits per heavy atom. The van der Waals surface area contributed by atoms with Crippen LogP contribution in [0.15, 0.2) is 16.6 Å². The molecule has 16 heavy (non-hydrogen) atoms. The van der Waals surface area contributed by atoms with E-state index in [9.17, 15) is 20.0 Å². The number of rotatable bonds is 3. The first-order valence-electron chi connectivity index (χ1n) is 4.20. The summed E-state index contributed by atoms with van der Waals surface area (Å²) in [7, 11) is 0. The van der Waals surface area contributed by atoms with Gasteiger partial charge in [-0.2, -0.15) is 0 Å². The highest BCUT2D eigenvalue weighted by Gasteiger charge is 2.28. The third-order valence-corrected chi connectivity index (χ3v) is 2.97. The Bertz CT molecular complexity index is 459. The van der Waals surface area contributed by atoms with Gasteiger partial charge in [-0.05, 0) is 19.1 Å². The average molecular weight is 290 g/mol. The maximum Gasteiger partial charge on any atom is 0.337 e. The SMILES string of the molecule is Cc1c(Br)ccc(C(O)C(=O)O)c1[N+](=O)[O-]. The Kier molecular flexibility index (Phi) is 3.61. The Hall–Kier alpha value is -1.47. The lowest BCUT2D eigenvalue weighted by molar-refractivity contribution is -0.386. The lowest BCUT2D eigenvalue weighted by Crippen LogP contribution is -2.13. The zero-order chi connectivity index (χ0) is 12.5. The van der Waals surface area contributed by atoms with Gasteiger partial charge in [-0.15, -0.1) is 0 Å². The van der Waals surface area contributed by atoms with E-state index >= 15 is 0 Å². The highest BCUT2D eigenvalue weighted by Crippen LogP contribution is 2.33. The number of aliphatic hydroxyl groups is 1. The fourth-order valence-electron chi connectivity index (χ4n) is 1.29. The number of aliphatic hydroxyl groups excluding tert-OH is 1. The number of carboxylic acids is 1. The van der Waals surface area contributed by atoms with Crippen LogP contribution in [-0.4, -0.2) is 21.1 Å². The van der Waals surface area contributed by atoms with E-state index in [2.05, 4.69) is 15.9 Å². The molecule has 0 aromatic heterocycles. The summed E-state index contributed by atoms with van der Waals surface area (Å²) in [4.78, 5) is 20.7. The third kappa shape index (κ3) is 2.20. The number of nitrogens with zero attached hydrogens (tertiary/aromatic N) is 1. The van der Waals surface area contributed by atoms with Gasteiger partial charge in [-0.1, -0.05) is 15.9 Å². The second kappa shape index (κ2) is 4.58. The molecule has 0 amide bonds. The maximum absolute atomic E-state index is 10.8. The number of halogens is 1. The molecule has 1 aromatic rings. The molecule has 0 aliphatic rings. The van der Waals surface area contributed by atoms with Crippen molar-refractivity contribution in [1.29, 1.82) is 0 Å². The number of hydrogen-bond donors (Lipinski definition) is 2. The van der Waals surface area contributed by atoms with E-state index in [0.717, 1.165) is 0 Å². The van der Waals surface area contributed by atoms with E-state index in [1.54, 1.807) is 0 Å². The highest BCUT2D eigenvalue weighted by molar-refractivity contribution is 9.10. The lowest BCUT2D eigenvalue weighted by Gasteiger charge is -2.09. The van der Waals surface area contributed by atoms with Crippen molar-refractivity contribution in [2.24, 2.45) is 0 Å². The summed E-state index contributed by atoms with van der Waals surface area (Å²) in [6.07, 6.45) is -1.90. The lowest BCUT2D eigenvalue weighted by atomic mass is 10.0. The van der Waals surface area contributed by atoms with Gasteiger partial charge in [0.05, 0.1) is 10.5 Å². The van der Waals surface area contributed by atoms with E-state index in [1.807, 2.05) is 0 Å². The molecule has 0 aliphatic carbocycles. The molecule has 1 atom stereocenters. The average Bonchev–Trinajstić information content (AvgIpc) is 2.20. The standard InChI is InChI=1S/C9H8BrNO5/c1-4-6(10)3-2-5(7(4)11(15)16)8(12)9(13)14/h2-3,8,12H,1H3,(H,13,14). The van der Waals surface area contributed by atoms with Gasteiger partial charge in [0.2, 0.25) is 0 Å². The van der Waals surface area contributed by atoms with E-state index in [0.29, 0.717) is 4.47 Å². The minimum Gasteiger partial charge on any atom is -0.479 e. The predicted molar refractivity (Wildman–Crippen MR) is 58.1 cm³/mol. The molecule has 86 valence electrons. The largest absolute Gasteiger partial charge is 0.479 e. The van der Waals surface area contributed by atoms with E-state index < -0.39 is 17.0 Å². The molecule has 1 aromatic carbocycles. The van der Waals surface area contributed by atoms with Crippen LogP contribution in [-0.2, 0) is 4.79 Å². The second-order valence-electron chi connectivity index (χ2n) is 3.11. The Labute approximate surface area is 98.8 Å². The second-order valence-corrected chi connectivity index (χ2v) is 3.96. The van der Waals surface area contributed by atoms with Gasteiger partial charge in [-0.3, -0.25) is 10.1 Å². The number of hydrogen-bond acceptors (Lipinski definition) is 4. The van der Waals surface area contributed by atoms with Gasteiger partial charge in [0, 0.05) is 10.0 Å². The molecule has 0 spiro atoms. The summed E-state index contributed by atoms with van der Waals surface area (Å²) in [6.45, 7) is 1.47. The molecule has 0 bridgehead atoms. The fraction of sp³-hybridized carbons (Fsp3) is 0.222. The molecule has 1 unspecified atom stereocenters. The van der Waals surface area contributed by atoms with E-state index in [1.165, 1.54) is 19.1 Å². The fourth-order valence-corrected chi connectivity index (χ4v) is 1.61. The van der Waals surface area contributed by atoms with Gasteiger partial charge < -0.3 is 10.2 Å². The maximum atomic E-state index is 10.8. The van der Waals surface area contributed by atoms with E-state index in [-0.39, 0.29) is 16.8 Å². The zero-order valence-corrected chi connectivity index (χ0v) is 9.76. The predicted octanol–water partition coefficient (Wildman–Crippen LogP) is 1.78. The number of carboxylic acid groups (broad SMARTS) is 1. The van der Waals surface area contributed by atoms with Crippen LogP contribution in [0, 0.1) is 17.0 Å². The minimum atomic E-state index is -1.90. The van der Waals surface area contributed by atoms with Crippen molar-refractivity contribution in [1.82, 2.24) is 0 Å². The molecule has 0 fully saturated rings. The highest BCUT2D eigenvalue weighted by atomic mass is 79.9. The zero-order valence-electron chi connectivity index (χ0n) is 8.18. The van der Waals surface area contributed by atoms with Crippen LogP contribution in [0.4, 0.5) is 5.69 Å². The van der Waals surface area contributed by atoms with Crippen molar-refractivity contribution < 1.29 is 19.9 Å². The number of carbonyl (C=O) groups is 1. The molecular formula is C9H8BrNO5. The quantitative estimate of drug-likeness (QED) is 0.652. The monoisotopic (exact) mass is 289 g/mol.